The van der Waals surface area contributed by atoms with Crippen LogP contribution in [0.2, 0.25) is 0 Å². The van der Waals surface area contributed by atoms with Crippen molar-refractivity contribution in [1.29, 1.82) is 0 Å². The van der Waals surface area contributed by atoms with E-state index < -0.39 is 29.5 Å². The third-order valence-electron chi connectivity index (χ3n) is 5.57. The molecule has 3 N–H and O–H groups in total. The van der Waals surface area contributed by atoms with Crippen molar-refractivity contribution in [2.45, 2.75) is 38.0 Å². The Morgan fingerprint density at radius 3 is 2.41 bits per heavy atom. The number of carbonyl (C=O) groups excluding carboxylic acids is 3. The molecule has 1 aromatic carbocycles. The molecule has 0 aliphatic carbocycles. The molecular weight excluding hydrogens is 412 g/mol. The van der Waals surface area contributed by atoms with Gasteiger partial charge in [0, 0.05) is 37.2 Å². The number of likely N-dealkylation sites (tertiary alicyclic amines) is 1. The number of aromatic nitrogens is 1. The second-order valence-corrected chi connectivity index (χ2v) is 8.04. The summed E-state index contributed by atoms with van der Waals surface area (Å²) in [5.41, 5.74) is 5.24. The van der Waals surface area contributed by atoms with E-state index in [4.69, 9.17) is 10.5 Å². The maximum Gasteiger partial charge on any atom is 0.255 e. The highest BCUT2D eigenvalue weighted by Gasteiger charge is 2.43. The molecular formula is C23H27N4O5. The lowest BCUT2D eigenvalue weighted by Gasteiger charge is -2.42. The number of rotatable bonds is 6. The Kier molecular flexibility index (Phi) is 6.78. The molecule has 2 unspecified atom stereocenters. The van der Waals surface area contributed by atoms with E-state index in [1.165, 1.54) is 22.6 Å². The van der Waals surface area contributed by atoms with Crippen LogP contribution in [-0.4, -0.2) is 58.5 Å². The van der Waals surface area contributed by atoms with Gasteiger partial charge < -0.3 is 20.7 Å². The van der Waals surface area contributed by atoms with Crippen molar-refractivity contribution in [1.82, 2.24) is 14.8 Å². The fourth-order valence-corrected chi connectivity index (χ4v) is 3.63. The number of carbonyl (C=O) groups is 3. The quantitative estimate of drug-likeness (QED) is 0.684. The Hall–Kier alpha value is -3.46. The van der Waals surface area contributed by atoms with Crippen LogP contribution in [0.15, 0.2) is 53.5 Å². The van der Waals surface area contributed by atoms with Crippen LogP contribution >= 0.6 is 0 Å². The fraction of sp³-hybridized carbons (Fsp3) is 0.348. The maximum absolute atomic E-state index is 12.9. The Morgan fingerprint density at radius 1 is 1.12 bits per heavy atom. The molecule has 2 aromatic rings. The molecule has 32 heavy (non-hydrogen) atoms. The van der Waals surface area contributed by atoms with Crippen LogP contribution in [0.25, 0.3) is 5.69 Å². The smallest absolute Gasteiger partial charge is 0.255 e. The molecule has 1 aliphatic rings. The van der Waals surface area contributed by atoms with Crippen molar-refractivity contribution in [3.8, 4) is 5.69 Å². The number of ether oxygens (including phenoxy) is 1. The summed E-state index contributed by atoms with van der Waals surface area (Å²) in [5, 5.41) is 2.79. The van der Waals surface area contributed by atoms with Gasteiger partial charge in [0.25, 0.3) is 17.4 Å². The minimum atomic E-state index is -1.13. The van der Waals surface area contributed by atoms with Crippen LogP contribution in [0, 0.1) is 6.42 Å². The van der Waals surface area contributed by atoms with Gasteiger partial charge in [-0.15, -0.1) is 0 Å². The highest BCUT2D eigenvalue weighted by Crippen LogP contribution is 2.23. The summed E-state index contributed by atoms with van der Waals surface area (Å²) in [7, 11) is 1.42. The van der Waals surface area contributed by atoms with Gasteiger partial charge in [0.2, 0.25) is 5.91 Å². The maximum atomic E-state index is 12.9. The average molecular weight is 439 g/mol. The Labute approximate surface area is 186 Å². The monoisotopic (exact) mass is 439 g/mol. The SMILES string of the molecule is COC(C)(C)C(=O)N1CC[CH]C(NC(=O)c2ccc(-n3ccccc3=O)cc2)C1C(N)=O. The second kappa shape index (κ2) is 9.35. The highest BCUT2D eigenvalue weighted by molar-refractivity contribution is 5.96. The first-order valence-electron chi connectivity index (χ1n) is 10.2. The van der Waals surface area contributed by atoms with Gasteiger partial charge in [-0.1, -0.05) is 6.07 Å². The lowest BCUT2D eigenvalue weighted by atomic mass is 9.93. The van der Waals surface area contributed by atoms with Gasteiger partial charge in [0.05, 0.1) is 6.04 Å². The van der Waals surface area contributed by atoms with Crippen molar-refractivity contribution in [2.75, 3.05) is 13.7 Å². The number of pyridine rings is 1. The summed E-state index contributed by atoms with van der Waals surface area (Å²) in [6.07, 6.45) is 3.89. The van der Waals surface area contributed by atoms with Gasteiger partial charge in [0.1, 0.15) is 11.6 Å². The molecule has 9 heteroatoms. The predicted molar refractivity (Wildman–Crippen MR) is 118 cm³/mol. The van der Waals surface area contributed by atoms with Crippen LogP contribution in [0.3, 0.4) is 0 Å². The summed E-state index contributed by atoms with van der Waals surface area (Å²) in [4.78, 5) is 51.3. The van der Waals surface area contributed by atoms with Crippen molar-refractivity contribution in [3.05, 3.63) is 71.0 Å². The van der Waals surface area contributed by atoms with E-state index >= 15 is 0 Å². The standard InChI is InChI=1S/C23H27N4O5/c1-23(2,32-3)22(31)27-14-6-7-17(19(27)20(24)29)25-21(30)15-9-11-16(12-10-15)26-13-5-4-8-18(26)28/h4-5,7-13,17,19H,6,14H2,1-3H3,(H2,24,29)(H,25,30). The molecule has 9 nitrogen and oxygen atoms in total. The summed E-state index contributed by atoms with van der Waals surface area (Å²) in [6.45, 7) is 3.52. The third-order valence-corrected chi connectivity index (χ3v) is 5.57. The molecule has 169 valence electrons. The first-order chi connectivity index (χ1) is 15.2. The molecule has 0 saturated carbocycles. The lowest BCUT2D eigenvalue weighted by Crippen LogP contribution is -2.65. The minimum Gasteiger partial charge on any atom is -0.369 e. The molecule has 3 amide bonds. The number of piperidine rings is 1. The van der Waals surface area contributed by atoms with E-state index in [9.17, 15) is 19.2 Å². The van der Waals surface area contributed by atoms with Gasteiger partial charge in [-0.2, -0.15) is 0 Å². The predicted octanol–water partition coefficient (Wildman–Crippen LogP) is 0.651. The van der Waals surface area contributed by atoms with Gasteiger partial charge in [0.15, 0.2) is 0 Å². The van der Waals surface area contributed by atoms with E-state index in [0.717, 1.165) is 0 Å². The van der Waals surface area contributed by atoms with Crippen molar-refractivity contribution < 1.29 is 19.1 Å². The molecule has 1 saturated heterocycles. The largest absolute Gasteiger partial charge is 0.369 e. The third kappa shape index (κ3) is 4.72. The molecule has 2 heterocycles. The molecule has 1 aliphatic heterocycles. The molecule has 0 bridgehead atoms. The van der Waals surface area contributed by atoms with Crippen LogP contribution in [0.5, 0.6) is 0 Å². The number of hydrogen-bond acceptors (Lipinski definition) is 5. The van der Waals surface area contributed by atoms with Crippen molar-refractivity contribution in [3.63, 3.8) is 0 Å². The van der Waals surface area contributed by atoms with E-state index in [2.05, 4.69) is 5.32 Å². The zero-order valence-corrected chi connectivity index (χ0v) is 18.3. The zero-order valence-electron chi connectivity index (χ0n) is 18.3. The number of hydrogen-bond donors (Lipinski definition) is 2. The topological polar surface area (TPSA) is 124 Å². The second-order valence-electron chi connectivity index (χ2n) is 8.04. The number of methoxy groups -OCH3 is 1. The lowest BCUT2D eigenvalue weighted by molar-refractivity contribution is -0.157. The van der Waals surface area contributed by atoms with Gasteiger partial charge in [-0.25, -0.2) is 0 Å². The summed E-state index contributed by atoms with van der Waals surface area (Å²) in [5.74, 6) is -1.52. The number of nitrogens with zero attached hydrogens (tertiary/aromatic N) is 2. The van der Waals surface area contributed by atoms with Crippen molar-refractivity contribution in [2.24, 2.45) is 5.73 Å². The van der Waals surface area contributed by atoms with Gasteiger partial charge in [-0.3, -0.25) is 23.7 Å². The first-order valence-corrected chi connectivity index (χ1v) is 10.2. The van der Waals surface area contributed by atoms with Crippen LogP contribution in [0.1, 0.15) is 30.6 Å². The normalized spacial score (nSPS) is 18.8. The number of primary amides is 1. The van der Waals surface area contributed by atoms with Crippen LogP contribution < -0.4 is 16.6 Å². The molecule has 1 aromatic heterocycles. The molecule has 1 fully saturated rings. The van der Waals surface area contributed by atoms with Gasteiger partial charge >= 0.3 is 0 Å². The Morgan fingerprint density at radius 2 is 1.81 bits per heavy atom. The molecule has 0 spiro atoms. The number of nitrogens with two attached hydrogens (primary N) is 1. The van der Waals surface area contributed by atoms with E-state index in [0.29, 0.717) is 24.2 Å². The van der Waals surface area contributed by atoms with Gasteiger partial charge in [-0.05, 0) is 57.0 Å². The minimum absolute atomic E-state index is 0.186. The number of nitrogens with one attached hydrogen (secondary N) is 1. The summed E-state index contributed by atoms with van der Waals surface area (Å²) >= 11 is 0. The highest BCUT2D eigenvalue weighted by atomic mass is 16.5. The molecule has 1 radical (unpaired) electrons. The number of benzene rings is 1. The fourth-order valence-electron chi connectivity index (χ4n) is 3.63. The van der Waals surface area contributed by atoms with Crippen LogP contribution in [-0.2, 0) is 14.3 Å². The Bertz CT molecular complexity index is 1060. The average Bonchev–Trinajstić information content (AvgIpc) is 2.78. The van der Waals surface area contributed by atoms with E-state index in [1.54, 1.807) is 62.9 Å². The molecule has 3 rings (SSSR count). The number of amides is 3. The van der Waals surface area contributed by atoms with Crippen molar-refractivity contribution >= 4 is 17.7 Å². The van der Waals surface area contributed by atoms with E-state index in [-0.39, 0.29) is 11.5 Å². The van der Waals surface area contributed by atoms with Crippen LogP contribution in [0.4, 0.5) is 0 Å². The zero-order chi connectivity index (χ0) is 23.5. The summed E-state index contributed by atoms with van der Waals surface area (Å²) < 4.78 is 6.72. The van der Waals surface area contributed by atoms with E-state index in [1.807, 2.05) is 0 Å². The summed E-state index contributed by atoms with van der Waals surface area (Å²) in [6, 6.07) is 9.54. The molecule has 2 atom stereocenters. The first kappa shape index (κ1) is 23.2. The Balaban J connectivity index is 1.78.